The molecule has 0 aliphatic heterocycles. The summed E-state index contributed by atoms with van der Waals surface area (Å²) < 4.78 is 4.99. The highest BCUT2D eigenvalue weighted by atomic mass is 16.5. The lowest BCUT2D eigenvalue weighted by atomic mass is 10.1. The highest BCUT2D eigenvalue weighted by molar-refractivity contribution is 5.93. The standard InChI is InChI=1S/C13H17NO4/c1-18-9-8-10-4-2-3-5-11(10)14-12(15)6-7-13(16)17/h2-5H,6-9H2,1H3,(H,14,15)(H,16,17). The number of para-hydroxylation sites is 1. The number of methoxy groups -OCH3 is 1. The highest BCUT2D eigenvalue weighted by Crippen LogP contribution is 2.16. The minimum absolute atomic E-state index is 0.0199. The van der Waals surface area contributed by atoms with Gasteiger partial charge in [0, 0.05) is 19.2 Å². The molecule has 98 valence electrons. The minimum atomic E-state index is -0.974. The average molecular weight is 251 g/mol. The van der Waals surface area contributed by atoms with Crippen LogP contribution in [-0.4, -0.2) is 30.7 Å². The van der Waals surface area contributed by atoms with E-state index < -0.39 is 5.97 Å². The van der Waals surface area contributed by atoms with Gasteiger partial charge in [0.05, 0.1) is 13.0 Å². The van der Waals surface area contributed by atoms with Crippen LogP contribution in [0.2, 0.25) is 0 Å². The molecule has 5 nitrogen and oxygen atoms in total. The van der Waals surface area contributed by atoms with Gasteiger partial charge in [-0.05, 0) is 18.1 Å². The number of carbonyl (C=O) groups is 2. The molecule has 5 heteroatoms. The van der Waals surface area contributed by atoms with Crippen LogP contribution < -0.4 is 5.32 Å². The van der Waals surface area contributed by atoms with Crippen molar-refractivity contribution in [3.8, 4) is 0 Å². The van der Waals surface area contributed by atoms with Gasteiger partial charge in [0.1, 0.15) is 0 Å². The Bertz CT molecular complexity index is 417. The predicted molar refractivity (Wildman–Crippen MR) is 67.5 cm³/mol. The Balaban J connectivity index is 2.59. The lowest BCUT2D eigenvalue weighted by Crippen LogP contribution is -2.14. The van der Waals surface area contributed by atoms with E-state index in [1.807, 2.05) is 18.2 Å². The Kier molecular flexibility index (Phi) is 5.87. The van der Waals surface area contributed by atoms with Gasteiger partial charge in [0.15, 0.2) is 0 Å². The third kappa shape index (κ3) is 4.97. The van der Waals surface area contributed by atoms with Crippen LogP contribution >= 0.6 is 0 Å². The number of amides is 1. The largest absolute Gasteiger partial charge is 0.481 e. The van der Waals surface area contributed by atoms with Gasteiger partial charge in [-0.1, -0.05) is 18.2 Å². The van der Waals surface area contributed by atoms with E-state index in [0.717, 1.165) is 5.56 Å². The quantitative estimate of drug-likeness (QED) is 0.773. The van der Waals surface area contributed by atoms with Crippen molar-refractivity contribution in [3.05, 3.63) is 29.8 Å². The number of carboxylic acids is 1. The van der Waals surface area contributed by atoms with E-state index in [4.69, 9.17) is 9.84 Å². The fourth-order valence-electron chi connectivity index (χ4n) is 1.51. The summed E-state index contributed by atoms with van der Waals surface area (Å²) in [6.45, 7) is 0.571. The fourth-order valence-corrected chi connectivity index (χ4v) is 1.51. The maximum absolute atomic E-state index is 11.5. The molecule has 0 aliphatic rings. The van der Waals surface area contributed by atoms with Crippen LogP contribution in [0.1, 0.15) is 18.4 Å². The van der Waals surface area contributed by atoms with Crippen molar-refractivity contribution in [1.29, 1.82) is 0 Å². The summed E-state index contributed by atoms with van der Waals surface area (Å²) in [5, 5.41) is 11.2. The Hall–Kier alpha value is -1.88. The second-order valence-corrected chi connectivity index (χ2v) is 3.84. The van der Waals surface area contributed by atoms with Crippen molar-refractivity contribution in [1.82, 2.24) is 0 Å². The van der Waals surface area contributed by atoms with Crippen molar-refractivity contribution >= 4 is 17.6 Å². The zero-order valence-corrected chi connectivity index (χ0v) is 10.3. The molecule has 0 radical (unpaired) electrons. The van der Waals surface area contributed by atoms with Gasteiger partial charge in [0.25, 0.3) is 0 Å². The molecular weight excluding hydrogens is 234 g/mol. The van der Waals surface area contributed by atoms with Crippen molar-refractivity contribution in [2.24, 2.45) is 0 Å². The third-order valence-corrected chi connectivity index (χ3v) is 2.43. The second kappa shape index (κ2) is 7.45. The molecule has 0 unspecified atom stereocenters. The van der Waals surface area contributed by atoms with Crippen LogP contribution in [0.15, 0.2) is 24.3 Å². The van der Waals surface area contributed by atoms with E-state index in [2.05, 4.69) is 5.32 Å². The van der Waals surface area contributed by atoms with Crippen LogP contribution in [0.3, 0.4) is 0 Å². The van der Waals surface area contributed by atoms with Crippen LogP contribution in [0.5, 0.6) is 0 Å². The Labute approximate surface area is 106 Å². The van der Waals surface area contributed by atoms with Crippen molar-refractivity contribution < 1.29 is 19.4 Å². The van der Waals surface area contributed by atoms with Crippen LogP contribution in [0.25, 0.3) is 0 Å². The number of carbonyl (C=O) groups excluding carboxylic acids is 1. The van der Waals surface area contributed by atoms with Gasteiger partial charge in [-0.25, -0.2) is 0 Å². The number of anilines is 1. The first-order valence-electron chi connectivity index (χ1n) is 5.72. The monoisotopic (exact) mass is 251 g/mol. The molecule has 0 spiro atoms. The first-order chi connectivity index (χ1) is 8.63. The van der Waals surface area contributed by atoms with Crippen LogP contribution in [-0.2, 0) is 20.7 Å². The van der Waals surface area contributed by atoms with E-state index in [0.29, 0.717) is 18.7 Å². The third-order valence-electron chi connectivity index (χ3n) is 2.43. The first-order valence-corrected chi connectivity index (χ1v) is 5.72. The van der Waals surface area contributed by atoms with Gasteiger partial charge in [-0.2, -0.15) is 0 Å². The summed E-state index contributed by atoms with van der Waals surface area (Å²) >= 11 is 0. The molecule has 0 fully saturated rings. The predicted octanol–water partition coefficient (Wildman–Crippen LogP) is 1.68. The normalized spacial score (nSPS) is 10.1. The SMILES string of the molecule is COCCc1ccccc1NC(=O)CCC(=O)O. The lowest BCUT2D eigenvalue weighted by molar-refractivity contribution is -0.138. The summed E-state index contributed by atoms with van der Waals surface area (Å²) in [5.74, 6) is -1.26. The summed E-state index contributed by atoms with van der Waals surface area (Å²) in [7, 11) is 1.62. The maximum atomic E-state index is 11.5. The van der Waals surface area contributed by atoms with E-state index >= 15 is 0 Å². The smallest absolute Gasteiger partial charge is 0.303 e. The molecule has 1 amide bonds. The minimum Gasteiger partial charge on any atom is -0.481 e. The van der Waals surface area contributed by atoms with Gasteiger partial charge in [0.2, 0.25) is 5.91 Å². The lowest BCUT2D eigenvalue weighted by Gasteiger charge is -2.10. The molecule has 0 saturated carbocycles. The number of carboxylic acid groups (broad SMARTS) is 1. The van der Waals surface area contributed by atoms with Crippen LogP contribution in [0, 0.1) is 0 Å². The zero-order chi connectivity index (χ0) is 13.4. The molecule has 0 bridgehead atoms. The van der Waals surface area contributed by atoms with E-state index in [1.54, 1.807) is 13.2 Å². The van der Waals surface area contributed by atoms with Crippen LogP contribution in [0.4, 0.5) is 5.69 Å². The van der Waals surface area contributed by atoms with E-state index in [1.165, 1.54) is 0 Å². The number of aliphatic carboxylic acids is 1. The molecule has 0 aliphatic carbocycles. The molecular formula is C13H17NO4. The number of hydrogen-bond donors (Lipinski definition) is 2. The molecule has 1 aromatic carbocycles. The highest BCUT2D eigenvalue weighted by Gasteiger charge is 2.08. The van der Waals surface area contributed by atoms with Gasteiger partial charge < -0.3 is 15.2 Å². The van der Waals surface area contributed by atoms with Gasteiger partial charge in [-0.3, -0.25) is 9.59 Å². The second-order valence-electron chi connectivity index (χ2n) is 3.84. The summed E-state index contributed by atoms with van der Waals surface area (Å²) in [5.41, 5.74) is 1.69. The maximum Gasteiger partial charge on any atom is 0.303 e. The van der Waals surface area contributed by atoms with E-state index in [9.17, 15) is 9.59 Å². The Morgan fingerprint density at radius 1 is 1.28 bits per heavy atom. The van der Waals surface area contributed by atoms with E-state index in [-0.39, 0.29) is 18.7 Å². The Morgan fingerprint density at radius 2 is 2.00 bits per heavy atom. The number of hydrogen-bond acceptors (Lipinski definition) is 3. The molecule has 2 N–H and O–H groups in total. The molecule has 0 aromatic heterocycles. The number of benzene rings is 1. The summed E-state index contributed by atoms with van der Waals surface area (Å²) in [4.78, 5) is 21.9. The summed E-state index contributed by atoms with van der Waals surface area (Å²) in [6, 6.07) is 7.41. The topological polar surface area (TPSA) is 75.6 Å². The molecule has 0 saturated heterocycles. The van der Waals surface area contributed by atoms with Crippen molar-refractivity contribution in [2.75, 3.05) is 19.0 Å². The Morgan fingerprint density at radius 3 is 2.67 bits per heavy atom. The zero-order valence-electron chi connectivity index (χ0n) is 10.3. The van der Waals surface area contributed by atoms with Crippen molar-refractivity contribution in [3.63, 3.8) is 0 Å². The molecule has 18 heavy (non-hydrogen) atoms. The molecule has 1 rings (SSSR count). The molecule has 0 atom stereocenters. The molecule has 0 heterocycles. The fraction of sp³-hybridized carbons (Fsp3) is 0.385. The average Bonchev–Trinajstić information content (AvgIpc) is 2.35. The molecule has 1 aromatic rings. The van der Waals surface area contributed by atoms with Gasteiger partial charge >= 0.3 is 5.97 Å². The number of nitrogens with one attached hydrogen (secondary N) is 1. The van der Waals surface area contributed by atoms with Crippen molar-refractivity contribution in [2.45, 2.75) is 19.3 Å². The number of ether oxygens (including phenoxy) is 1. The first kappa shape index (κ1) is 14.2. The summed E-state index contributed by atoms with van der Waals surface area (Å²) in [6.07, 6.45) is 0.520. The van der Waals surface area contributed by atoms with Gasteiger partial charge in [-0.15, -0.1) is 0 Å². The number of rotatable bonds is 7.